The summed E-state index contributed by atoms with van der Waals surface area (Å²) in [5.74, 6) is 0.624. The second-order valence-corrected chi connectivity index (χ2v) is 7.14. The number of H-pyrrole nitrogens is 1. The lowest BCUT2D eigenvalue weighted by Gasteiger charge is -2.37. The first-order valence-corrected chi connectivity index (χ1v) is 9.07. The lowest BCUT2D eigenvalue weighted by molar-refractivity contribution is 0.0604. The number of hydrogen-bond donors (Lipinski definition) is 1. The summed E-state index contributed by atoms with van der Waals surface area (Å²) in [6.07, 6.45) is 3.62. The number of hydrogen-bond acceptors (Lipinski definition) is 4. The fourth-order valence-electron chi connectivity index (χ4n) is 3.50. The van der Waals surface area contributed by atoms with E-state index in [0.717, 1.165) is 24.1 Å². The Balaban J connectivity index is 1.53. The van der Waals surface area contributed by atoms with Crippen molar-refractivity contribution < 1.29 is 13.7 Å². The van der Waals surface area contributed by atoms with Crippen LogP contribution >= 0.6 is 0 Å². The number of nitrogens with one attached hydrogen (secondary N) is 1. The van der Waals surface area contributed by atoms with Crippen LogP contribution in [0.15, 0.2) is 41.1 Å². The fourth-order valence-corrected chi connectivity index (χ4v) is 3.50. The zero-order valence-corrected chi connectivity index (χ0v) is 15.3. The van der Waals surface area contributed by atoms with Gasteiger partial charge < -0.3 is 14.4 Å². The Morgan fingerprint density at radius 2 is 2.07 bits per heavy atom. The largest absolute Gasteiger partial charge is 0.357 e. The molecule has 0 aliphatic carbocycles. The van der Waals surface area contributed by atoms with Crippen LogP contribution in [0.2, 0.25) is 0 Å². The topological polar surface area (TPSA) is 75.0 Å². The number of aromatic amines is 1. The normalized spacial score (nSPS) is 20.0. The molecule has 6 nitrogen and oxygen atoms in total. The van der Waals surface area contributed by atoms with Gasteiger partial charge in [0, 0.05) is 30.3 Å². The molecular formula is C20H21FN4O2. The lowest BCUT2D eigenvalue weighted by Crippen LogP contribution is -2.45. The van der Waals surface area contributed by atoms with E-state index >= 15 is 0 Å². The minimum Gasteiger partial charge on any atom is -0.357 e. The molecule has 27 heavy (non-hydrogen) atoms. The van der Waals surface area contributed by atoms with Gasteiger partial charge in [-0.05, 0) is 62.6 Å². The van der Waals surface area contributed by atoms with Crippen LogP contribution in [-0.2, 0) is 0 Å². The van der Waals surface area contributed by atoms with E-state index in [9.17, 15) is 9.18 Å². The third kappa shape index (κ3) is 3.49. The number of benzene rings is 1. The first-order chi connectivity index (χ1) is 13.0. The van der Waals surface area contributed by atoms with Crippen molar-refractivity contribution >= 4 is 5.91 Å². The zero-order chi connectivity index (χ0) is 19.0. The van der Waals surface area contributed by atoms with Crippen LogP contribution in [0.5, 0.6) is 0 Å². The number of carbonyl (C=O) groups is 1. The number of halogens is 1. The Morgan fingerprint density at radius 3 is 2.78 bits per heavy atom. The van der Waals surface area contributed by atoms with Gasteiger partial charge in [0.25, 0.3) is 11.8 Å². The quantitative estimate of drug-likeness (QED) is 0.760. The highest BCUT2D eigenvalue weighted by atomic mass is 19.1. The van der Waals surface area contributed by atoms with E-state index in [2.05, 4.69) is 15.1 Å². The van der Waals surface area contributed by atoms with Crippen molar-refractivity contribution in [2.24, 2.45) is 0 Å². The molecule has 2 atom stereocenters. The minimum absolute atomic E-state index is 0.0131. The predicted molar refractivity (Wildman–Crippen MR) is 97.7 cm³/mol. The Morgan fingerprint density at radius 1 is 1.30 bits per heavy atom. The Labute approximate surface area is 156 Å². The van der Waals surface area contributed by atoms with Gasteiger partial charge in [0.05, 0.1) is 0 Å². The van der Waals surface area contributed by atoms with Gasteiger partial charge in [-0.15, -0.1) is 0 Å². The maximum Gasteiger partial charge on any atom is 0.274 e. The third-order valence-electron chi connectivity index (χ3n) is 5.10. The van der Waals surface area contributed by atoms with Crippen molar-refractivity contribution in [1.82, 2.24) is 20.0 Å². The summed E-state index contributed by atoms with van der Waals surface area (Å²) in [4.78, 5) is 22.3. The summed E-state index contributed by atoms with van der Waals surface area (Å²) in [6, 6.07) is 7.72. The Hall–Kier alpha value is -2.96. The van der Waals surface area contributed by atoms with E-state index in [1.54, 1.807) is 0 Å². The summed E-state index contributed by atoms with van der Waals surface area (Å²) in [6.45, 7) is 4.53. The van der Waals surface area contributed by atoms with Crippen LogP contribution in [0, 0.1) is 12.7 Å². The van der Waals surface area contributed by atoms with E-state index in [1.807, 2.05) is 31.0 Å². The molecule has 0 unspecified atom stereocenters. The maximum atomic E-state index is 13.1. The molecule has 1 saturated heterocycles. The van der Waals surface area contributed by atoms with Gasteiger partial charge in [-0.1, -0.05) is 5.16 Å². The van der Waals surface area contributed by atoms with E-state index in [1.165, 1.54) is 24.3 Å². The van der Waals surface area contributed by atoms with Crippen LogP contribution in [0.1, 0.15) is 47.4 Å². The molecular weight excluding hydrogens is 347 g/mol. The third-order valence-corrected chi connectivity index (χ3v) is 5.10. The molecule has 2 aromatic heterocycles. The molecule has 1 amide bonds. The van der Waals surface area contributed by atoms with Crippen LogP contribution in [0.3, 0.4) is 0 Å². The standard InChI is InChI=1S/C20H21FN4O2/c1-12-9-17(22-10-12)19-23-18(24-27-19)15-4-3-13(2)25(11-15)20(26)14-5-7-16(21)8-6-14/h5-10,13,15,22H,3-4,11H2,1-2H3/t13-,15+/m0/s1. The number of amides is 1. The van der Waals surface area contributed by atoms with Crippen molar-refractivity contribution in [2.45, 2.75) is 38.6 Å². The monoisotopic (exact) mass is 368 g/mol. The zero-order valence-electron chi connectivity index (χ0n) is 15.3. The number of nitrogens with zero attached hydrogens (tertiary/aromatic N) is 3. The minimum atomic E-state index is -0.352. The SMILES string of the molecule is Cc1c[nH]c(-c2nc([C@@H]3CC[C@H](C)N(C(=O)c4ccc(F)cc4)C3)no2)c1. The smallest absolute Gasteiger partial charge is 0.274 e. The number of carbonyl (C=O) groups excluding carboxylic acids is 1. The van der Waals surface area contributed by atoms with Gasteiger partial charge in [0.2, 0.25) is 0 Å². The lowest BCUT2D eigenvalue weighted by atomic mass is 9.92. The average Bonchev–Trinajstić information content (AvgIpc) is 3.31. The van der Waals surface area contributed by atoms with Gasteiger partial charge in [-0.3, -0.25) is 4.79 Å². The van der Waals surface area contributed by atoms with Crippen LogP contribution in [0.25, 0.3) is 11.6 Å². The van der Waals surface area contributed by atoms with Gasteiger partial charge in [0.15, 0.2) is 5.82 Å². The van der Waals surface area contributed by atoms with Crippen molar-refractivity contribution in [3.63, 3.8) is 0 Å². The van der Waals surface area contributed by atoms with Crippen LogP contribution in [0.4, 0.5) is 4.39 Å². The first-order valence-electron chi connectivity index (χ1n) is 9.07. The number of piperidine rings is 1. The second kappa shape index (κ2) is 6.98. The molecule has 1 aromatic carbocycles. The van der Waals surface area contributed by atoms with E-state index in [4.69, 9.17) is 4.52 Å². The highest BCUT2D eigenvalue weighted by molar-refractivity contribution is 5.94. The maximum absolute atomic E-state index is 13.1. The van der Waals surface area contributed by atoms with Crippen LogP contribution in [-0.4, -0.2) is 38.5 Å². The van der Waals surface area contributed by atoms with E-state index < -0.39 is 0 Å². The molecule has 3 aromatic rings. The molecule has 1 fully saturated rings. The summed E-state index contributed by atoms with van der Waals surface area (Å²) >= 11 is 0. The predicted octanol–water partition coefficient (Wildman–Crippen LogP) is 3.92. The van der Waals surface area contributed by atoms with Gasteiger partial charge in [-0.25, -0.2) is 4.39 Å². The molecule has 0 spiro atoms. The molecule has 3 heterocycles. The molecule has 1 aliphatic rings. The molecule has 0 bridgehead atoms. The first kappa shape index (κ1) is 17.5. The highest BCUT2D eigenvalue weighted by Gasteiger charge is 2.32. The van der Waals surface area contributed by atoms with Gasteiger partial charge in [0.1, 0.15) is 11.5 Å². The van der Waals surface area contributed by atoms with Crippen molar-refractivity contribution in [2.75, 3.05) is 6.54 Å². The summed E-state index contributed by atoms with van der Waals surface area (Å²) in [7, 11) is 0. The van der Waals surface area contributed by atoms with E-state index in [-0.39, 0.29) is 23.7 Å². The summed E-state index contributed by atoms with van der Waals surface area (Å²) in [5.41, 5.74) is 2.36. The summed E-state index contributed by atoms with van der Waals surface area (Å²) < 4.78 is 18.5. The number of aryl methyl sites for hydroxylation is 1. The average molecular weight is 368 g/mol. The molecule has 7 heteroatoms. The van der Waals surface area contributed by atoms with Crippen molar-refractivity contribution in [3.8, 4) is 11.6 Å². The second-order valence-electron chi connectivity index (χ2n) is 7.14. The fraction of sp³-hybridized carbons (Fsp3) is 0.350. The molecule has 140 valence electrons. The Bertz CT molecular complexity index is 947. The number of rotatable bonds is 3. The molecule has 1 N–H and O–H groups in total. The molecule has 4 rings (SSSR count). The van der Waals surface area contributed by atoms with Gasteiger partial charge in [-0.2, -0.15) is 4.98 Å². The highest BCUT2D eigenvalue weighted by Crippen LogP contribution is 2.30. The molecule has 0 saturated carbocycles. The number of likely N-dealkylation sites (tertiary alicyclic amines) is 1. The Kier molecular flexibility index (Phi) is 4.51. The van der Waals surface area contributed by atoms with Gasteiger partial charge >= 0.3 is 0 Å². The molecule has 1 aliphatic heterocycles. The van der Waals surface area contributed by atoms with Crippen molar-refractivity contribution in [3.05, 3.63) is 59.3 Å². The van der Waals surface area contributed by atoms with E-state index in [0.29, 0.717) is 23.8 Å². The number of aromatic nitrogens is 3. The van der Waals surface area contributed by atoms with Crippen LogP contribution < -0.4 is 0 Å². The van der Waals surface area contributed by atoms with Crippen molar-refractivity contribution in [1.29, 1.82) is 0 Å². The molecule has 0 radical (unpaired) electrons. The summed E-state index contributed by atoms with van der Waals surface area (Å²) in [5, 5.41) is 4.13.